The number of hydrogen-bond acceptors (Lipinski definition) is 5. The highest BCUT2D eigenvalue weighted by Crippen LogP contribution is 2.11. The van der Waals surface area contributed by atoms with E-state index in [1.165, 1.54) is 11.8 Å². The molecule has 1 atom stereocenters. The van der Waals surface area contributed by atoms with Gasteiger partial charge in [0.2, 0.25) is 0 Å². The highest BCUT2D eigenvalue weighted by molar-refractivity contribution is 7.98. The maximum Gasteiger partial charge on any atom is 0.258 e. The zero-order valence-corrected chi connectivity index (χ0v) is 10.5. The van der Waals surface area contributed by atoms with E-state index >= 15 is 0 Å². The third kappa shape index (κ3) is 3.10. The van der Waals surface area contributed by atoms with Crippen LogP contribution in [0.4, 0.5) is 0 Å². The summed E-state index contributed by atoms with van der Waals surface area (Å²) in [6.45, 7) is -0.255. The summed E-state index contributed by atoms with van der Waals surface area (Å²) in [7, 11) is 0. The lowest BCUT2D eigenvalue weighted by atomic mass is 10.2. The van der Waals surface area contributed by atoms with Gasteiger partial charge in [-0.05, 0) is 12.1 Å². The van der Waals surface area contributed by atoms with Crippen LogP contribution in [-0.2, 0) is 5.75 Å². The van der Waals surface area contributed by atoms with Gasteiger partial charge in [-0.3, -0.25) is 4.79 Å². The molecular formula is C12H14N2O3S. The molecular weight excluding hydrogens is 252 g/mol. The third-order valence-corrected chi connectivity index (χ3v) is 3.52. The van der Waals surface area contributed by atoms with Gasteiger partial charge in [0.05, 0.1) is 29.4 Å². The molecule has 0 spiro atoms. The largest absolute Gasteiger partial charge is 0.394 e. The van der Waals surface area contributed by atoms with Crippen LogP contribution >= 0.6 is 11.8 Å². The first-order valence-corrected chi connectivity index (χ1v) is 6.71. The molecule has 0 aliphatic carbocycles. The van der Waals surface area contributed by atoms with E-state index in [1.54, 1.807) is 18.2 Å². The molecule has 3 N–H and O–H groups in total. The van der Waals surface area contributed by atoms with E-state index in [0.717, 1.165) is 0 Å². The molecule has 2 aromatic rings. The maximum absolute atomic E-state index is 11.8. The molecule has 0 aliphatic rings. The van der Waals surface area contributed by atoms with Crippen LogP contribution in [0.3, 0.4) is 0 Å². The Kier molecular flexibility index (Phi) is 4.35. The number of aliphatic hydroxyl groups is 2. The summed E-state index contributed by atoms with van der Waals surface area (Å²) in [5.41, 5.74) is 0.512. The van der Waals surface area contributed by atoms with E-state index in [0.29, 0.717) is 28.2 Å². The second-order valence-corrected chi connectivity index (χ2v) is 4.91. The normalized spacial score (nSPS) is 12.8. The fourth-order valence-electron chi connectivity index (χ4n) is 1.55. The molecule has 96 valence electrons. The number of rotatable bonds is 5. The second kappa shape index (κ2) is 5.99. The van der Waals surface area contributed by atoms with Crippen LogP contribution < -0.4 is 5.56 Å². The lowest BCUT2D eigenvalue weighted by Crippen LogP contribution is -2.16. The Hall–Kier alpha value is -1.37. The lowest BCUT2D eigenvalue weighted by molar-refractivity contribution is 0.113. The zero-order valence-electron chi connectivity index (χ0n) is 9.67. The molecule has 1 aromatic heterocycles. The molecule has 5 nitrogen and oxygen atoms in total. The summed E-state index contributed by atoms with van der Waals surface area (Å²) >= 11 is 1.41. The van der Waals surface area contributed by atoms with Gasteiger partial charge in [-0.2, -0.15) is 11.8 Å². The molecule has 0 fully saturated rings. The summed E-state index contributed by atoms with van der Waals surface area (Å²) in [5.74, 6) is 1.48. The Labute approximate surface area is 108 Å². The smallest absolute Gasteiger partial charge is 0.258 e. The van der Waals surface area contributed by atoms with Gasteiger partial charge in [0.1, 0.15) is 5.82 Å². The highest BCUT2D eigenvalue weighted by Gasteiger charge is 2.05. The van der Waals surface area contributed by atoms with Crippen molar-refractivity contribution in [1.29, 1.82) is 0 Å². The van der Waals surface area contributed by atoms with Crippen LogP contribution in [0, 0.1) is 0 Å². The average Bonchev–Trinajstić information content (AvgIpc) is 2.38. The number of hydrogen-bond donors (Lipinski definition) is 3. The number of fused-ring (bicyclic) bond motifs is 1. The van der Waals surface area contributed by atoms with Gasteiger partial charge in [-0.25, -0.2) is 4.98 Å². The number of H-pyrrole nitrogens is 1. The highest BCUT2D eigenvalue weighted by atomic mass is 32.2. The fourth-order valence-corrected chi connectivity index (χ4v) is 2.37. The van der Waals surface area contributed by atoms with Crippen LogP contribution in [-0.4, -0.2) is 38.6 Å². The Morgan fingerprint density at radius 3 is 2.94 bits per heavy atom. The van der Waals surface area contributed by atoms with Crippen molar-refractivity contribution < 1.29 is 10.2 Å². The van der Waals surface area contributed by atoms with E-state index < -0.39 is 6.10 Å². The predicted molar refractivity (Wildman–Crippen MR) is 71.6 cm³/mol. The van der Waals surface area contributed by atoms with Crippen molar-refractivity contribution in [2.45, 2.75) is 11.9 Å². The minimum absolute atomic E-state index is 0.154. The number of nitrogens with zero attached hydrogens (tertiary/aromatic N) is 1. The van der Waals surface area contributed by atoms with Crippen LogP contribution in [0.25, 0.3) is 10.9 Å². The number of benzene rings is 1. The zero-order chi connectivity index (χ0) is 13.0. The van der Waals surface area contributed by atoms with Crippen molar-refractivity contribution in [3.8, 4) is 0 Å². The molecule has 0 radical (unpaired) electrons. The Balaban J connectivity index is 2.12. The standard InChI is InChI=1S/C12H14N2O3S/c15-5-8(16)6-18-7-11-13-10-4-2-1-3-9(10)12(17)14-11/h1-4,8,15-16H,5-7H2,(H,13,14,17). The second-order valence-electron chi connectivity index (χ2n) is 3.88. The molecule has 2 rings (SSSR count). The number of para-hydroxylation sites is 1. The van der Waals surface area contributed by atoms with E-state index in [9.17, 15) is 9.90 Å². The maximum atomic E-state index is 11.8. The van der Waals surface area contributed by atoms with Gasteiger partial charge < -0.3 is 15.2 Å². The SMILES string of the molecule is O=c1[nH]c(CSCC(O)CO)nc2ccccc12. The van der Waals surface area contributed by atoms with Crippen molar-refractivity contribution in [3.05, 3.63) is 40.4 Å². The quantitative estimate of drug-likeness (QED) is 0.734. The molecule has 0 bridgehead atoms. The molecule has 0 saturated carbocycles. The topological polar surface area (TPSA) is 86.2 Å². The molecule has 1 heterocycles. The van der Waals surface area contributed by atoms with Crippen LogP contribution in [0.15, 0.2) is 29.1 Å². The predicted octanol–water partition coefficient (Wildman–Crippen LogP) is 0.510. The summed E-state index contributed by atoms with van der Waals surface area (Å²) in [6, 6.07) is 7.15. The first kappa shape index (κ1) is 13.1. The van der Waals surface area contributed by atoms with E-state index in [1.807, 2.05) is 6.07 Å². The van der Waals surface area contributed by atoms with Crippen molar-refractivity contribution in [1.82, 2.24) is 9.97 Å². The van der Waals surface area contributed by atoms with Crippen LogP contribution in [0.2, 0.25) is 0 Å². The van der Waals surface area contributed by atoms with Gasteiger partial charge in [0.15, 0.2) is 0 Å². The van der Waals surface area contributed by atoms with E-state index in [2.05, 4.69) is 9.97 Å². The molecule has 6 heteroatoms. The Morgan fingerprint density at radius 1 is 1.39 bits per heavy atom. The Bertz CT molecular complexity index is 585. The van der Waals surface area contributed by atoms with Crippen molar-refractivity contribution in [2.75, 3.05) is 12.4 Å². The third-order valence-electron chi connectivity index (χ3n) is 2.42. The number of aromatic nitrogens is 2. The van der Waals surface area contributed by atoms with Crippen LogP contribution in [0.5, 0.6) is 0 Å². The Morgan fingerprint density at radius 2 is 2.17 bits per heavy atom. The lowest BCUT2D eigenvalue weighted by Gasteiger charge is -2.06. The summed E-state index contributed by atoms with van der Waals surface area (Å²) < 4.78 is 0. The fraction of sp³-hybridized carbons (Fsp3) is 0.333. The number of nitrogens with one attached hydrogen (secondary N) is 1. The van der Waals surface area contributed by atoms with Crippen molar-refractivity contribution in [3.63, 3.8) is 0 Å². The van der Waals surface area contributed by atoms with Crippen molar-refractivity contribution in [2.24, 2.45) is 0 Å². The number of aliphatic hydroxyl groups excluding tert-OH is 2. The first-order valence-electron chi connectivity index (χ1n) is 5.55. The number of aromatic amines is 1. The molecule has 0 saturated heterocycles. The molecule has 1 unspecified atom stereocenters. The monoisotopic (exact) mass is 266 g/mol. The van der Waals surface area contributed by atoms with Gasteiger partial charge in [0.25, 0.3) is 5.56 Å². The molecule has 1 aromatic carbocycles. The van der Waals surface area contributed by atoms with Gasteiger partial charge >= 0.3 is 0 Å². The molecule has 18 heavy (non-hydrogen) atoms. The summed E-state index contributed by atoms with van der Waals surface area (Å²) in [4.78, 5) is 18.8. The van der Waals surface area contributed by atoms with Gasteiger partial charge in [0, 0.05) is 5.75 Å². The van der Waals surface area contributed by atoms with Crippen LogP contribution in [0.1, 0.15) is 5.82 Å². The minimum Gasteiger partial charge on any atom is -0.394 e. The molecule has 0 aliphatic heterocycles. The minimum atomic E-state index is -0.734. The van der Waals surface area contributed by atoms with E-state index in [-0.39, 0.29) is 12.2 Å². The number of thioether (sulfide) groups is 1. The van der Waals surface area contributed by atoms with E-state index in [4.69, 9.17) is 5.11 Å². The average molecular weight is 266 g/mol. The van der Waals surface area contributed by atoms with Crippen molar-refractivity contribution >= 4 is 22.7 Å². The first-order chi connectivity index (χ1) is 8.70. The summed E-state index contributed by atoms with van der Waals surface area (Å²) in [5, 5.41) is 18.5. The molecule has 0 amide bonds. The van der Waals surface area contributed by atoms with Gasteiger partial charge in [-0.15, -0.1) is 0 Å². The summed E-state index contributed by atoms with van der Waals surface area (Å²) in [6.07, 6.45) is -0.734. The van der Waals surface area contributed by atoms with Gasteiger partial charge in [-0.1, -0.05) is 12.1 Å².